The second-order valence-corrected chi connectivity index (χ2v) is 6.80. The van der Waals surface area contributed by atoms with Gasteiger partial charge in [0.2, 0.25) is 10.0 Å². The molecule has 0 unspecified atom stereocenters. The molecule has 0 atom stereocenters. The van der Waals surface area contributed by atoms with Gasteiger partial charge in [-0.25, -0.2) is 13.1 Å². The van der Waals surface area contributed by atoms with Gasteiger partial charge in [0, 0.05) is 19.3 Å². The largest absolute Gasteiger partial charge is 0.388 e. The Morgan fingerprint density at radius 2 is 1.90 bits per heavy atom. The van der Waals surface area contributed by atoms with Gasteiger partial charge < -0.3 is 5.32 Å². The van der Waals surface area contributed by atoms with Gasteiger partial charge in [-0.3, -0.25) is 0 Å². The van der Waals surface area contributed by atoms with E-state index in [0.29, 0.717) is 11.4 Å². The lowest BCUT2D eigenvalue weighted by Crippen LogP contribution is -2.25. The van der Waals surface area contributed by atoms with Crippen LogP contribution in [0.1, 0.15) is 32.1 Å². The minimum Gasteiger partial charge on any atom is -0.388 e. The summed E-state index contributed by atoms with van der Waals surface area (Å²) in [6.45, 7) is 0.474. The van der Waals surface area contributed by atoms with Crippen LogP contribution < -0.4 is 10.0 Å². The SMILES string of the molecule is CNc1ccc(S(=O)(=O)NCCC2=CCCCC2)cc1. The van der Waals surface area contributed by atoms with Crippen molar-refractivity contribution in [2.45, 2.75) is 37.0 Å². The van der Waals surface area contributed by atoms with Gasteiger partial charge in [0.15, 0.2) is 0 Å². The average Bonchev–Trinajstić information content (AvgIpc) is 2.48. The second kappa shape index (κ2) is 6.90. The first-order chi connectivity index (χ1) is 9.62. The van der Waals surface area contributed by atoms with E-state index in [0.717, 1.165) is 24.9 Å². The van der Waals surface area contributed by atoms with Crippen LogP contribution in [0.3, 0.4) is 0 Å². The lowest BCUT2D eigenvalue weighted by atomic mass is 9.97. The minimum atomic E-state index is -3.39. The summed E-state index contributed by atoms with van der Waals surface area (Å²) >= 11 is 0. The van der Waals surface area contributed by atoms with Gasteiger partial charge in [-0.05, 0) is 56.4 Å². The van der Waals surface area contributed by atoms with E-state index in [1.807, 2.05) is 0 Å². The van der Waals surface area contributed by atoms with Crippen LogP contribution in [-0.2, 0) is 10.0 Å². The van der Waals surface area contributed by atoms with Crippen LogP contribution >= 0.6 is 0 Å². The minimum absolute atomic E-state index is 0.314. The topological polar surface area (TPSA) is 58.2 Å². The van der Waals surface area contributed by atoms with Crippen molar-refractivity contribution < 1.29 is 8.42 Å². The zero-order valence-electron chi connectivity index (χ0n) is 11.9. The molecule has 2 N–H and O–H groups in total. The lowest BCUT2D eigenvalue weighted by Gasteiger charge is -2.13. The fourth-order valence-electron chi connectivity index (χ4n) is 2.36. The Morgan fingerprint density at radius 3 is 2.50 bits per heavy atom. The molecule has 0 aliphatic heterocycles. The lowest BCUT2D eigenvalue weighted by molar-refractivity contribution is 0.579. The summed E-state index contributed by atoms with van der Waals surface area (Å²) in [5.41, 5.74) is 2.28. The third kappa shape index (κ3) is 4.08. The number of sulfonamides is 1. The molecule has 5 heteroatoms. The van der Waals surface area contributed by atoms with E-state index in [-0.39, 0.29) is 0 Å². The summed E-state index contributed by atoms with van der Waals surface area (Å²) in [5, 5.41) is 2.97. The molecule has 0 radical (unpaired) electrons. The van der Waals surface area contributed by atoms with Crippen molar-refractivity contribution in [2.75, 3.05) is 18.9 Å². The molecule has 1 aromatic rings. The molecule has 0 amide bonds. The first-order valence-corrected chi connectivity index (χ1v) is 8.55. The number of nitrogens with one attached hydrogen (secondary N) is 2. The van der Waals surface area contributed by atoms with Crippen LogP contribution in [0.4, 0.5) is 5.69 Å². The molecule has 0 heterocycles. The van der Waals surface area contributed by atoms with Crippen LogP contribution in [-0.4, -0.2) is 22.0 Å². The molecule has 0 spiro atoms. The maximum atomic E-state index is 12.1. The molecule has 0 aromatic heterocycles. The van der Waals surface area contributed by atoms with E-state index >= 15 is 0 Å². The van der Waals surface area contributed by atoms with Gasteiger partial charge in [-0.15, -0.1) is 0 Å². The maximum absolute atomic E-state index is 12.1. The Labute approximate surface area is 121 Å². The Balaban J connectivity index is 1.91. The highest BCUT2D eigenvalue weighted by atomic mass is 32.2. The zero-order valence-corrected chi connectivity index (χ0v) is 12.7. The number of anilines is 1. The zero-order chi connectivity index (χ0) is 14.4. The molecule has 1 aromatic carbocycles. The normalized spacial score (nSPS) is 15.8. The van der Waals surface area contributed by atoms with Crippen LogP contribution in [0.2, 0.25) is 0 Å². The Hall–Kier alpha value is -1.33. The van der Waals surface area contributed by atoms with Gasteiger partial charge in [-0.1, -0.05) is 11.6 Å². The molecule has 20 heavy (non-hydrogen) atoms. The molecular formula is C15H22N2O2S. The van der Waals surface area contributed by atoms with Crippen molar-refractivity contribution in [1.82, 2.24) is 4.72 Å². The van der Waals surface area contributed by atoms with E-state index in [9.17, 15) is 8.42 Å². The summed E-state index contributed by atoms with van der Waals surface area (Å²) in [5.74, 6) is 0. The molecule has 0 bridgehead atoms. The van der Waals surface area contributed by atoms with E-state index < -0.39 is 10.0 Å². The quantitative estimate of drug-likeness (QED) is 0.793. The van der Waals surface area contributed by atoms with Gasteiger partial charge in [0.25, 0.3) is 0 Å². The van der Waals surface area contributed by atoms with Crippen molar-refractivity contribution >= 4 is 15.7 Å². The number of hydrogen-bond acceptors (Lipinski definition) is 3. The Kier molecular flexibility index (Phi) is 5.20. The van der Waals surface area contributed by atoms with Crippen LogP contribution in [0.25, 0.3) is 0 Å². The van der Waals surface area contributed by atoms with Gasteiger partial charge in [0.05, 0.1) is 4.90 Å². The standard InChI is InChI=1S/C15H22N2O2S/c1-16-14-7-9-15(10-8-14)20(18,19)17-12-11-13-5-3-2-4-6-13/h5,7-10,16-17H,2-4,6,11-12H2,1H3. The Morgan fingerprint density at radius 1 is 1.15 bits per heavy atom. The number of allylic oxidation sites excluding steroid dienone is 1. The van der Waals surface area contributed by atoms with Crippen molar-refractivity contribution in [3.8, 4) is 0 Å². The number of rotatable bonds is 6. The molecule has 1 aliphatic rings. The monoisotopic (exact) mass is 294 g/mol. The van der Waals surface area contributed by atoms with Gasteiger partial charge >= 0.3 is 0 Å². The first kappa shape index (κ1) is 15.1. The fraction of sp³-hybridized carbons (Fsp3) is 0.467. The molecular weight excluding hydrogens is 272 g/mol. The van der Waals surface area contributed by atoms with Crippen LogP contribution in [0.5, 0.6) is 0 Å². The fourth-order valence-corrected chi connectivity index (χ4v) is 3.39. The summed E-state index contributed by atoms with van der Waals surface area (Å²) in [7, 11) is -1.59. The first-order valence-electron chi connectivity index (χ1n) is 7.07. The summed E-state index contributed by atoms with van der Waals surface area (Å²) in [6, 6.07) is 6.76. The molecule has 4 nitrogen and oxygen atoms in total. The van der Waals surface area contributed by atoms with Crippen molar-refractivity contribution in [2.24, 2.45) is 0 Å². The third-order valence-corrected chi connectivity index (χ3v) is 5.05. The second-order valence-electron chi connectivity index (χ2n) is 5.03. The van der Waals surface area contributed by atoms with Crippen molar-refractivity contribution in [3.63, 3.8) is 0 Å². The summed E-state index contributed by atoms with van der Waals surface area (Å²) in [4.78, 5) is 0.314. The van der Waals surface area contributed by atoms with Crippen LogP contribution in [0, 0.1) is 0 Å². The van der Waals surface area contributed by atoms with Crippen molar-refractivity contribution in [3.05, 3.63) is 35.9 Å². The van der Waals surface area contributed by atoms with Gasteiger partial charge in [0.1, 0.15) is 0 Å². The number of benzene rings is 1. The highest BCUT2D eigenvalue weighted by Crippen LogP contribution is 2.20. The molecule has 0 saturated heterocycles. The predicted molar refractivity (Wildman–Crippen MR) is 82.3 cm³/mol. The van der Waals surface area contributed by atoms with E-state index in [1.54, 1.807) is 31.3 Å². The highest BCUT2D eigenvalue weighted by molar-refractivity contribution is 7.89. The highest BCUT2D eigenvalue weighted by Gasteiger charge is 2.13. The maximum Gasteiger partial charge on any atom is 0.240 e. The van der Waals surface area contributed by atoms with Gasteiger partial charge in [-0.2, -0.15) is 0 Å². The molecule has 0 saturated carbocycles. The number of hydrogen-bond donors (Lipinski definition) is 2. The average molecular weight is 294 g/mol. The van der Waals surface area contributed by atoms with Crippen LogP contribution in [0.15, 0.2) is 40.8 Å². The van der Waals surface area contributed by atoms with Crippen molar-refractivity contribution in [1.29, 1.82) is 0 Å². The third-order valence-electron chi connectivity index (χ3n) is 3.58. The molecule has 110 valence electrons. The smallest absolute Gasteiger partial charge is 0.240 e. The predicted octanol–water partition coefficient (Wildman–Crippen LogP) is 2.90. The van der Waals surface area contributed by atoms with E-state index in [1.165, 1.54) is 18.4 Å². The van der Waals surface area contributed by atoms with E-state index in [2.05, 4.69) is 16.1 Å². The summed E-state index contributed by atoms with van der Waals surface area (Å²) < 4.78 is 26.9. The molecule has 2 rings (SSSR count). The molecule has 1 aliphatic carbocycles. The Bertz CT molecular complexity index is 562. The summed E-state index contributed by atoms with van der Waals surface area (Å²) in [6.07, 6.45) is 7.79. The van der Waals surface area contributed by atoms with E-state index in [4.69, 9.17) is 0 Å². The molecule has 0 fully saturated rings.